The van der Waals surface area contributed by atoms with Gasteiger partial charge in [-0.1, -0.05) is 11.6 Å². The van der Waals surface area contributed by atoms with Crippen LogP contribution in [0.2, 0.25) is 0 Å². The molecule has 1 aromatic carbocycles. The topological polar surface area (TPSA) is 105 Å². The van der Waals surface area contributed by atoms with E-state index in [1.165, 1.54) is 16.4 Å². The summed E-state index contributed by atoms with van der Waals surface area (Å²) >= 11 is 0. The largest absolute Gasteiger partial charge is 0.492 e. The fraction of sp³-hybridized carbons (Fsp3) is 0.545. The van der Waals surface area contributed by atoms with Crippen molar-refractivity contribution in [3.63, 3.8) is 0 Å². The molecule has 9 nitrogen and oxygen atoms in total. The van der Waals surface area contributed by atoms with Crippen LogP contribution >= 0.6 is 0 Å². The van der Waals surface area contributed by atoms with E-state index in [2.05, 4.69) is 10.5 Å². The van der Waals surface area contributed by atoms with Gasteiger partial charge >= 0.3 is 0 Å². The minimum atomic E-state index is -3.62. The SMILES string of the molecule is CCOc1ccc(S(=O)(=O)N2CCCCC2)cc1NC(=O)CN(C)Cc1c(C)noc1C. The molecule has 2 heterocycles. The van der Waals surface area contributed by atoms with E-state index in [-0.39, 0.29) is 17.3 Å². The van der Waals surface area contributed by atoms with Crippen LogP contribution in [0.4, 0.5) is 5.69 Å². The molecule has 1 aromatic heterocycles. The number of ether oxygens (including phenoxy) is 1. The summed E-state index contributed by atoms with van der Waals surface area (Å²) in [5.41, 5.74) is 2.09. The Kier molecular flexibility index (Phi) is 7.91. The van der Waals surface area contributed by atoms with Crippen LogP contribution in [0.5, 0.6) is 5.75 Å². The van der Waals surface area contributed by atoms with E-state index < -0.39 is 10.0 Å². The lowest BCUT2D eigenvalue weighted by molar-refractivity contribution is -0.117. The van der Waals surface area contributed by atoms with Crippen molar-refractivity contribution in [3.05, 3.63) is 35.2 Å². The van der Waals surface area contributed by atoms with E-state index in [0.717, 1.165) is 36.3 Å². The molecule has 0 unspecified atom stereocenters. The molecule has 0 spiro atoms. The van der Waals surface area contributed by atoms with E-state index in [1.54, 1.807) is 6.07 Å². The highest BCUT2D eigenvalue weighted by Crippen LogP contribution is 2.30. The van der Waals surface area contributed by atoms with Gasteiger partial charge in [-0.2, -0.15) is 4.31 Å². The number of nitrogens with zero attached hydrogens (tertiary/aromatic N) is 3. The minimum absolute atomic E-state index is 0.110. The first-order chi connectivity index (χ1) is 15.2. The minimum Gasteiger partial charge on any atom is -0.492 e. The average molecular weight is 465 g/mol. The lowest BCUT2D eigenvalue weighted by atomic mass is 10.2. The number of anilines is 1. The monoisotopic (exact) mass is 464 g/mol. The molecule has 0 saturated carbocycles. The van der Waals surface area contributed by atoms with Gasteiger partial charge in [0, 0.05) is 25.2 Å². The zero-order chi connectivity index (χ0) is 23.3. The highest BCUT2D eigenvalue weighted by molar-refractivity contribution is 7.89. The fourth-order valence-electron chi connectivity index (χ4n) is 3.79. The lowest BCUT2D eigenvalue weighted by Crippen LogP contribution is -2.35. The maximum atomic E-state index is 13.1. The number of benzene rings is 1. The van der Waals surface area contributed by atoms with E-state index >= 15 is 0 Å². The Morgan fingerprint density at radius 2 is 1.97 bits per heavy atom. The highest BCUT2D eigenvalue weighted by Gasteiger charge is 2.27. The third-order valence-corrected chi connectivity index (χ3v) is 7.40. The smallest absolute Gasteiger partial charge is 0.243 e. The van der Waals surface area contributed by atoms with Gasteiger partial charge in [0.05, 0.1) is 29.4 Å². The summed E-state index contributed by atoms with van der Waals surface area (Å²) in [6.07, 6.45) is 2.76. The van der Waals surface area contributed by atoms with Crippen molar-refractivity contribution in [1.82, 2.24) is 14.4 Å². The number of carbonyl (C=O) groups is 1. The molecule has 1 fully saturated rings. The van der Waals surface area contributed by atoms with Crippen molar-refractivity contribution in [2.45, 2.75) is 51.5 Å². The van der Waals surface area contributed by atoms with Crippen molar-refractivity contribution < 1.29 is 22.5 Å². The van der Waals surface area contributed by atoms with E-state index in [4.69, 9.17) is 9.26 Å². The standard InChI is InChI=1S/C22H32N4O5S/c1-5-30-21-10-9-18(32(28,29)26-11-7-6-8-12-26)13-20(21)23-22(27)15-25(4)14-19-16(2)24-31-17(19)3/h9-10,13H,5-8,11-12,14-15H2,1-4H3,(H,23,27). The van der Waals surface area contributed by atoms with Gasteiger partial charge < -0.3 is 14.6 Å². The predicted molar refractivity (Wildman–Crippen MR) is 121 cm³/mol. The summed E-state index contributed by atoms with van der Waals surface area (Å²) in [5.74, 6) is 0.892. The van der Waals surface area contributed by atoms with Crippen LogP contribution in [-0.2, 0) is 21.4 Å². The van der Waals surface area contributed by atoms with Crippen LogP contribution < -0.4 is 10.1 Å². The molecule has 1 N–H and O–H groups in total. The summed E-state index contributed by atoms with van der Waals surface area (Å²) < 4.78 is 38.4. The number of carbonyl (C=O) groups excluding carboxylic acids is 1. The number of hydrogen-bond acceptors (Lipinski definition) is 7. The van der Waals surface area contributed by atoms with E-state index in [0.29, 0.717) is 37.7 Å². The average Bonchev–Trinajstić information content (AvgIpc) is 3.07. The number of hydrogen-bond donors (Lipinski definition) is 1. The van der Waals surface area contributed by atoms with Gasteiger partial charge in [-0.15, -0.1) is 0 Å². The van der Waals surface area contributed by atoms with Crippen molar-refractivity contribution in [3.8, 4) is 5.75 Å². The molecule has 0 atom stereocenters. The van der Waals surface area contributed by atoms with Crippen LogP contribution in [0.3, 0.4) is 0 Å². The Morgan fingerprint density at radius 1 is 1.25 bits per heavy atom. The van der Waals surface area contributed by atoms with Crippen LogP contribution in [-0.4, -0.2) is 62.0 Å². The van der Waals surface area contributed by atoms with Crippen molar-refractivity contribution in [2.24, 2.45) is 0 Å². The molecule has 32 heavy (non-hydrogen) atoms. The summed E-state index contributed by atoms with van der Waals surface area (Å²) in [7, 11) is -1.79. The Balaban J connectivity index is 1.75. The van der Waals surface area contributed by atoms with Gasteiger partial charge in [0.25, 0.3) is 0 Å². The second-order valence-corrected chi connectivity index (χ2v) is 10.0. The van der Waals surface area contributed by atoms with Crippen molar-refractivity contribution in [2.75, 3.05) is 38.6 Å². The maximum absolute atomic E-state index is 13.1. The second-order valence-electron chi connectivity index (χ2n) is 8.08. The van der Waals surface area contributed by atoms with Crippen LogP contribution in [0.25, 0.3) is 0 Å². The third-order valence-electron chi connectivity index (χ3n) is 5.50. The first kappa shape index (κ1) is 24.2. The number of nitrogens with one attached hydrogen (secondary N) is 1. The molecular weight excluding hydrogens is 432 g/mol. The molecule has 1 saturated heterocycles. The molecule has 1 aliphatic rings. The number of aryl methyl sites for hydroxylation is 2. The van der Waals surface area contributed by atoms with Crippen molar-refractivity contribution >= 4 is 21.6 Å². The molecule has 176 valence electrons. The van der Waals surface area contributed by atoms with Gasteiger partial charge in [0.2, 0.25) is 15.9 Å². The summed E-state index contributed by atoms with van der Waals surface area (Å²) in [5, 5.41) is 6.76. The van der Waals surface area contributed by atoms with E-state index in [1.807, 2.05) is 32.7 Å². The lowest BCUT2D eigenvalue weighted by Gasteiger charge is -2.26. The van der Waals surface area contributed by atoms with Crippen LogP contribution in [0.1, 0.15) is 43.2 Å². The molecular formula is C22H32N4O5S. The molecule has 1 aliphatic heterocycles. The molecule has 2 aromatic rings. The highest BCUT2D eigenvalue weighted by atomic mass is 32.2. The molecule has 0 bridgehead atoms. The quantitative estimate of drug-likeness (QED) is 0.608. The fourth-order valence-corrected chi connectivity index (χ4v) is 5.34. The maximum Gasteiger partial charge on any atom is 0.243 e. The molecule has 0 aliphatic carbocycles. The number of likely N-dealkylation sites (N-methyl/N-ethyl adjacent to an activating group) is 1. The predicted octanol–water partition coefficient (Wildman–Crippen LogP) is 2.94. The zero-order valence-corrected chi connectivity index (χ0v) is 20.0. The van der Waals surface area contributed by atoms with Gasteiger partial charge in [-0.3, -0.25) is 9.69 Å². The van der Waals surface area contributed by atoms with Gasteiger partial charge in [-0.25, -0.2) is 8.42 Å². The Bertz CT molecular complexity index is 1030. The number of aromatic nitrogens is 1. The Labute approximate surface area is 189 Å². The number of sulfonamides is 1. The number of rotatable bonds is 9. The van der Waals surface area contributed by atoms with E-state index in [9.17, 15) is 13.2 Å². The first-order valence-electron chi connectivity index (χ1n) is 10.9. The normalized spacial score (nSPS) is 15.2. The summed E-state index contributed by atoms with van der Waals surface area (Å²) in [6, 6.07) is 4.62. The summed E-state index contributed by atoms with van der Waals surface area (Å²) in [6.45, 7) is 7.59. The second kappa shape index (κ2) is 10.5. The zero-order valence-electron chi connectivity index (χ0n) is 19.2. The Hall–Kier alpha value is -2.43. The first-order valence-corrected chi connectivity index (χ1v) is 12.3. The number of piperidine rings is 1. The number of amides is 1. The molecule has 1 amide bonds. The third kappa shape index (κ3) is 5.67. The van der Waals surface area contributed by atoms with Crippen molar-refractivity contribution in [1.29, 1.82) is 0 Å². The van der Waals surface area contributed by atoms with Gasteiger partial charge in [-0.05, 0) is 58.9 Å². The molecule has 10 heteroatoms. The summed E-state index contributed by atoms with van der Waals surface area (Å²) in [4.78, 5) is 14.7. The van der Waals surface area contributed by atoms with Crippen LogP contribution in [0.15, 0.2) is 27.6 Å². The van der Waals surface area contributed by atoms with Gasteiger partial charge in [0.15, 0.2) is 0 Å². The molecule has 3 rings (SSSR count). The Morgan fingerprint density at radius 3 is 2.59 bits per heavy atom. The van der Waals surface area contributed by atoms with Crippen LogP contribution in [0, 0.1) is 13.8 Å². The van der Waals surface area contributed by atoms with Gasteiger partial charge in [0.1, 0.15) is 11.5 Å². The molecule has 0 radical (unpaired) electrons.